The minimum absolute atomic E-state index is 0.204. The van der Waals surface area contributed by atoms with E-state index in [-0.39, 0.29) is 18.0 Å². The van der Waals surface area contributed by atoms with Crippen molar-refractivity contribution in [3.63, 3.8) is 0 Å². The van der Waals surface area contributed by atoms with Gasteiger partial charge in [0.1, 0.15) is 6.10 Å². The molecule has 0 bridgehead atoms. The molecule has 0 fully saturated rings. The summed E-state index contributed by atoms with van der Waals surface area (Å²) in [5.41, 5.74) is 1.46. The van der Waals surface area contributed by atoms with Crippen LogP contribution in [0, 0.1) is 0 Å². The van der Waals surface area contributed by atoms with E-state index in [0.29, 0.717) is 5.56 Å². The average Bonchev–Trinajstić information content (AvgIpc) is 2.52. The van der Waals surface area contributed by atoms with E-state index in [9.17, 15) is 9.59 Å². The number of carbonyl (C=O) groups is 2. The van der Waals surface area contributed by atoms with Crippen molar-refractivity contribution in [1.29, 1.82) is 0 Å². The molecule has 0 saturated carbocycles. The summed E-state index contributed by atoms with van der Waals surface area (Å²) in [6.07, 6.45) is 7.70. The molecule has 1 rings (SSSR count). The van der Waals surface area contributed by atoms with Gasteiger partial charge in [-0.15, -0.1) is 0 Å². The van der Waals surface area contributed by atoms with Gasteiger partial charge < -0.3 is 9.47 Å². The molecule has 0 spiro atoms. The molecule has 0 radical (unpaired) electrons. The predicted octanol–water partition coefficient (Wildman–Crippen LogP) is 4.00. The zero-order chi connectivity index (χ0) is 16.4. The van der Waals surface area contributed by atoms with Crippen molar-refractivity contribution in [2.24, 2.45) is 0 Å². The first kappa shape index (κ1) is 18.0. The number of hydrogen-bond donors (Lipinski definition) is 0. The summed E-state index contributed by atoms with van der Waals surface area (Å²) < 4.78 is 9.96. The number of esters is 2. The molecular weight excluding hydrogens is 280 g/mol. The van der Waals surface area contributed by atoms with Gasteiger partial charge in [-0.3, -0.25) is 4.79 Å². The monoisotopic (exact) mass is 304 g/mol. The second-order valence-electron chi connectivity index (χ2n) is 5.12. The van der Waals surface area contributed by atoms with E-state index >= 15 is 0 Å². The third-order valence-corrected chi connectivity index (χ3v) is 3.24. The Labute approximate surface area is 132 Å². The van der Waals surface area contributed by atoms with Crippen molar-refractivity contribution in [2.75, 3.05) is 7.11 Å². The summed E-state index contributed by atoms with van der Waals surface area (Å²) in [6, 6.07) is 7.09. The molecule has 0 N–H and O–H groups in total. The zero-order valence-corrected chi connectivity index (χ0v) is 13.5. The van der Waals surface area contributed by atoms with Gasteiger partial charge >= 0.3 is 11.9 Å². The highest BCUT2D eigenvalue weighted by atomic mass is 16.5. The lowest BCUT2D eigenvalue weighted by Crippen LogP contribution is -2.13. The van der Waals surface area contributed by atoms with Gasteiger partial charge in [0.2, 0.25) is 0 Å². The molecule has 0 heterocycles. The van der Waals surface area contributed by atoms with Crippen molar-refractivity contribution in [2.45, 2.75) is 45.6 Å². The van der Waals surface area contributed by atoms with E-state index in [1.165, 1.54) is 14.0 Å². The minimum atomic E-state index is -0.354. The van der Waals surface area contributed by atoms with E-state index in [1.807, 2.05) is 24.3 Å². The van der Waals surface area contributed by atoms with Crippen LogP contribution in [0.25, 0.3) is 6.08 Å². The first-order valence-electron chi connectivity index (χ1n) is 7.60. The lowest BCUT2D eigenvalue weighted by atomic mass is 10.1. The highest BCUT2D eigenvalue weighted by molar-refractivity contribution is 5.89. The highest BCUT2D eigenvalue weighted by Gasteiger charge is 2.08. The summed E-state index contributed by atoms with van der Waals surface area (Å²) in [4.78, 5) is 22.5. The molecule has 22 heavy (non-hydrogen) atoms. The van der Waals surface area contributed by atoms with Crippen molar-refractivity contribution >= 4 is 18.0 Å². The fourth-order valence-electron chi connectivity index (χ4n) is 2.07. The molecule has 0 aliphatic rings. The number of methoxy groups -OCH3 is 1. The Bertz CT molecular complexity index is 502. The van der Waals surface area contributed by atoms with Crippen LogP contribution < -0.4 is 0 Å². The third kappa shape index (κ3) is 6.57. The van der Waals surface area contributed by atoms with E-state index in [4.69, 9.17) is 4.74 Å². The molecule has 0 amide bonds. The largest absolute Gasteiger partial charge is 0.465 e. The van der Waals surface area contributed by atoms with E-state index in [2.05, 4.69) is 11.7 Å². The molecule has 0 aromatic heterocycles. The number of rotatable bonds is 8. The number of benzene rings is 1. The Morgan fingerprint density at radius 3 is 2.41 bits per heavy atom. The van der Waals surface area contributed by atoms with E-state index < -0.39 is 0 Å². The van der Waals surface area contributed by atoms with Gasteiger partial charge in [0.15, 0.2) is 0 Å². The normalized spacial score (nSPS) is 12.1. The fourth-order valence-corrected chi connectivity index (χ4v) is 2.07. The summed E-state index contributed by atoms with van der Waals surface area (Å²) >= 11 is 0. The predicted molar refractivity (Wildman–Crippen MR) is 86.5 cm³/mol. The summed E-state index contributed by atoms with van der Waals surface area (Å²) in [5, 5.41) is 0. The van der Waals surface area contributed by atoms with E-state index in [0.717, 1.165) is 31.2 Å². The van der Waals surface area contributed by atoms with Gasteiger partial charge in [-0.2, -0.15) is 0 Å². The van der Waals surface area contributed by atoms with Gasteiger partial charge in [0.25, 0.3) is 0 Å². The summed E-state index contributed by atoms with van der Waals surface area (Å²) in [7, 11) is 1.36. The molecule has 120 valence electrons. The quantitative estimate of drug-likeness (QED) is 0.538. The van der Waals surface area contributed by atoms with Crippen LogP contribution in [-0.2, 0) is 14.3 Å². The molecule has 1 aromatic rings. The van der Waals surface area contributed by atoms with Crippen molar-refractivity contribution in [1.82, 2.24) is 0 Å². The molecule has 4 nitrogen and oxygen atoms in total. The first-order chi connectivity index (χ1) is 10.6. The van der Waals surface area contributed by atoms with Crippen LogP contribution in [0.2, 0.25) is 0 Å². The first-order valence-corrected chi connectivity index (χ1v) is 7.60. The standard InChI is InChI=1S/C18H24O4/c1-4-5-6-7-17(22-14(2)19)13-10-15-8-11-16(12-9-15)18(20)21-3/h8-13,17H,4-7H2,1-3H3/b13-10+. The van der Waals surface area contributed by atoms with Gasteiger partial charge in [0.05, 0.1) is 12.7 Å². The Balaban J connectivity index is 2.68. The van der Waals surface area contributed by atoms with Gasteiger partial charge in [0, 0.05) is 6.92 Å². The minimum Gasteiger partial charge on any atom is -0.465 e. The van der Waals surface area contributed by atoms with Crippen LogP contribution >= 0.6 is 0 Å². The van der Waals surface area contributed by atoms with Gasteiger partial charge in [-0.1, -0.05) is 38.0 Å². The molecule has 1 atom stereocenters. The summed E-state index contributed by atoms with van der Waals surface area (Å²) in [5.74, 6) is -0.625. The van der Waals surface area contributed by atoms with Crippen LogP contribution in [0.5, 0.6) is 0 Å². The average molecular weight is 304 g/mol. The SMILES string of the molecule is CCCCCC(/C=C/c1ccc(C(=O)OC)cc1)OC(C)=O. The third-order valence-electron chi connectivity index (χ3n) is 3.24. The Kier molecular flexibility index (Phi) is 7.97. The van der Waals surface area contributed by atoms with Crippen LogP contribution in [0.3, 0.4) is 0 Å². The maximum Gasteiger partial charge on any atom is 0.337 e. The van der Waals surface area contributed by atoms with Crippen LogP contribution in [-0.4, -0.2) is 25.2 Å². The van der Waals surface area contributed by atoms with Gasteiger partial charge in [-0.05, 0) is 36.6 Å². The highest BCUT2D eigenvalue weighted by Crippen LogP contribution is 2.12. The second-order valence-corrected chi connectivity index (χ2v) is 5.12. The van der Waals surface area contributed by atoms with E-state index in [1.54, 1.807) is 12.1 Å². The Morgan fingerprint density at radius 1 is 1.18 bits per heavy atom. The zero-order valence-electron chi connectivity index (χ0n) is 13.5. The van der Waals surface area contributed by atoms with Crippen molar-refractivity contribution in [3.05, 3.63) is 41.5 Å². The molecule has 0 aliphatic carbocycles. The number of ether oxygens (including phenoxy) is 2. The topological polar surface area (TPSA) is 52.6 Å². The second kappa shape index (κ2) is 9.77. The Hall–Kier alpha value is -2.10. The maximum absolute atomic E-state index is 11.4. The maximum atomic E-state index is 11.4. The van der Waals surface area contributed by atoms with Crippen molar-refractivity contribution < 1.29 is 19.1 Å². The smallest absolute Gasteiger partial charge is 0.337 e. The molecule has 1 unspecified atom stereocenters. The molecule has 0 aliphatic heterocycles. The summed E-state index contributed by atoms with van der Waals surface area (Å²) in [6.45, 7) is 3.56. The lowest BCUT2D eigenvalue weighted by molar-refractivity contribution is -0.144. The molecular formula is C18H24O4. The molecule has 4 heteroatoms. The van der Waals surface area contributed by atoms with Crippen LogP contribution in [0.4, 0.5) is 0 Å². The number of unbranched alkanes of at least 4 members (excludes halogenated alkanes) is 2. The van der Waals surface area contributed by atoms with Crippen molar-refractivity contribution in [3.8, 4) is 0 Å². The molecule has 1 aromatic carbocycles. The van der Waals surface area contributed by atoms with Gasteiger partial charge in [-0.25, -0.2) is 4.79 Å². The molecule has 0 saturated heterocycles. The van der Waals surface area contributed by atoms with Crippen LogP contribution in [0.15, 0.2) is 30.3 Å². The van der Waals surface area contributed by atoms with Crippen LogP contribution in [0.1, 0.15) is 55.5 Å². The number of carbonyl (C=O) groups excluding carboxylic acids is 2. The fraction of sp³-hybridized carbons (Fsp3) is 0.444. The Morgan fingerprint density at radius 2 is 1.86 bits per heavy atom. The lowest BCUT2D eigenvalue weighted by Gasteiger charge is -2.12. The number of hydrogen-bond acceptors (Lipinski definition) is 4.